The molecule has 6 nitrogen and oxygen atoms in total. The highest BCUT2D eigenvalue weighted by atomic mass is 79.9. The molecule has 22 heavy (non-hydrogen) atoms. The van der Waals surface area contributed by atoms with Gasteiger partial charge in [-0.2, -0.15) is 5.10 Å². The van der Waals surface area contributed by atoms with Crippen LogP contribution in [0.4, 0.5) is 0 Å². The molecule has 0 atom stereocenters. The van der Waals surface area contributed by atoms with E-state index in [2.05, 4.69) is 26.5 Å². The highest BCUT2D eigenvalue weighted by molar-refractivity contribution is 9.10. The zero-order chi connectivity index (χ0) is 16.1. The van der Waals surface area contributed by atoms with Gasteiger partial charge in [-0.1, -0.05) is 28.1 Å². The molecule has 2 aromatic carbocycles. The van der Waals surface area contributed by atoms with Crippen LogP contribution in [0, 0.1) is 0 Å². The number of para-hydroxylation sites is 1. The Bertz CT molecular complexity index is 731. The minimum absolute atomic E-state index is 0.0914. The number of hydrazone groups is 1. The number of aromatic hydroxyl groups is 2. The van der Waals surface area contributed by atoms with Crippen LogP contribution in [0.3, 0.4) is 0 Å². The number of methoxy groups -OCH3 is 1. The van der Waals surface area contributed by atoms with Crippen molar-refractivity contribution in [2.75, 3.05) is 7.11 Å². The Balaban J connectivity index is 2.15. The van der Waals surface area contributed by atoms with Crippen LogP contribution in [0.1, 0.15) is 15.9 Å². The second-order valence-electron chi connectivity index (χ2n) is 4.26. The van der Waals surface area contributed by atoms with Crippen LogP contribution in [0.2, 0.25) is 0 Å². The van der Waals surface area contributed by atoms with Crippen molar-refractivity contribution in [3.63, 3.8) is 0 Å². The fourth-order valence-electron chi connectivity index (χ4n) is 1.73. The number of phenolic OH excluding ortho intramolecular Hbond substituents is 2. The lowest BCUT2D eigenvalue weighted by Gasteiger charge is -2.07. The zero-order valence-electron chi connectivity index (χ0n) is 11.6. The summed E-state index contributed by atoms with van der Waals surface area (Å²) >= 11 is 3.28. The number of hydrogen-bond acceptors (Lipinski definition) is 5. The lowest BCUT2D eigenvalue weighted by atomic mass is 10.2. The van der Waals surface area contributed by atoms with Crippen LogP contribution in [0.25, 0.3) is 0 Å². The fraction of sp³-hybridized carbons (Fsp3) is 0.0667. The molecule has 0 fully saturated rings. The summed E-state index contributed by atoms with van der Waals surface area (Å²) in [6.07, 6.45) is 1.28. The molecule has 3 N–H and O–H groups in total. The number of ether oxygens (including phenoxy) is 1. The van der Waals surface area contributed by atoms with Gasteiger partial charge in [0.15, 0.2) is 11.5 Å². The quantitative estimate of drug-likeness (QED) is 0.574. The van der Waals surface area contributed by atoms with Crippen LogP contribution in [-0.4, -0.2) is 29.4 Å². The summed E-state index contributed by atoms with van der Waals surface area (Å²) in [5.74, 6) is -0.507. The smallest absolute Gasteiger partial charge is 0.275 e. The number of nitrogens with one attached hydrogen (secondary N) is 1. The first-order valence-electron chi connectivity index (χ1n) is 6.21. The molecule has 0 heterocycles. The van der Waals surface area contributed by atoms with Gasteiger partial charge in [0.25, 0.3) is 5.91 Å². The number of hydrogen-bond donors (Lipinski definition) is 3. The number of amides is 1. The molecule has 114 valence electrons. The molecular formula is C15H13BrN2O4. The standard InChI is InChI=1S/C15H13BrN2O4/c1-22-13-7-10(16)6-9(14(13)20)8-17-18-15(21)11-4-2-3-5-12(11)19/h2-8,19-20H,1H3,(H,18,21)/b17-8-. The van der Waals surface area contributed by atoms with Gasteiger partial charge in [-0.05, 0) is 24.3 Å². The monoisotopic (exact) mass is 364 g/mol. The van der Waals surface area contributed by atoms with E-state index in [-0.39, 0.29) is 22.8 Å². The highest BCUT2D eigenvalue weighted by Crippen LogP contribution is 2.32. The van der Waals surface area contributed by atoms with E-state index >= 15 is 0 Å². The lowest BCUT2D eigenvalue weighted by Crippen LogP contribution is -2.17. The molecule has 0 saturated carbocycles. The first-order valence-corrected chi connectivity index (χ1v) is 7.00. The van der Waals surface area contributed by atoms with Crippen molar-refractivity contribution in [2.45, 2.75) is 0 Å². The molecule has 0 aromatic heterocycles. The Hall–Kier alpha value is -2.54. The maximum Gasteiger partial charge on any atom is 0.275 e. The van der Waals surface area contributed by atoms with Gasteiger partial charge in [-0.15, -0.1) is 0 Å². The SMILES string of the molecule is COc1cc(Br)cc(/C=N\NC(=O)c2ccccc2O)c1O. The van der Waals surface area contributed by atoms with E-state index in [0.29, 0.717) is 10.0 Å². The highest BCUT2D eigenvalue weighted by Gasteiger charge is 2.10. The number of nitrogens with zero attached hydrogens (tertiary/aromatic N) is 1. The summed E-state index contributed by atoms with van der Waals surface area (Å²) in [4.78, 5) is 11.8. The van der Waals surface area contributed by atoms with E-state index in [1.54, 1.807) is 24.3 Å². The maximum absolute atomic E-state index is 11.8. The van der Waals surface area contributed by atoms with Crippen LogP contribution in [0.5, 0.6) is 17.2 Å². The molecule has 0 aliphatic heterocycles. The molecule has 0 unspecified atom stereocenters. The van der Waals surface area contributed by atoms with E-state index in [1.807, 2.05) is 0 Å². The van der Waals surface area contributed by atoms with Crippen molar-refractivity contribution in [2.24, 2.45) is 5.10 Å². The van der Waals surface area contributed by atoms with Crippen molar-refractivity contribution in [1.29, 1.82) is 0 Å². The number of rotatable bonds is 4. The van der Waals surface area contributed by atoms with Crippen LogP contribution >= 0.6 is 15.9 Å². The fourth-order valence-corrected chi connectivity index (χ4v) is 2.19. The number of halogens is 1. The van der Waals surface area contributed by atoms with Crippen molar-refractivity contribution in [3.8, 4) is 17.2 Å². The van der Waals surface area contributed by atoms with Gasteiger partial charge in [0.2, 0.25) is 0 Å². The Morgan fingerprint density at radius 3 is 2.73 bits per heavy atom. The lowest BCUT2D eigenvalue weighted by molar-refractivity contribution is 0.0952. The maximum atomic E-state index is 11.8. The number of phenols is 2. The summed E-state index contributed by atoms with van der Waals surface area (Å²) < 4.78 is 5.71. The third-order valence-electron chi connectivity index (χ3n) is 2.81. The predicted molar refractivity (Wildman–Crippen MR) is 85.5 cm³/mol. The summed E-state index contributed by atoms with van der Waals surface area (Å²) in [5, 5.41) is 23.3. The normalized spacial score (nSPS) is 10.6. The zero-order valence-corrected chi connectivity index (χ0v) is 13.2. The van der Waals surface area contributed by atoms with E-state index in [4.69, 9.17) is 4.74 Å². The second-order valence-corrected chi connectivity index (χ2v) is 5.18. The van der Waals surface area contributed by atoms with Crippen molar-refractivity contribution in [1.82, 2.24) is 5.43 Å². The van der Waals surface area contributed by atoms with Crippen molar-refractivity contribution >= 4 is 28.1 Å². The first kappa shape index (κ1) is 15.8. The third-order valence-corrected chi connectivity index (χ3v) is 3.27. The van der Waals surface area contributed by atoms with E-state index in [9.17, 15) is 15.0 Å². The third kappa shape index (κ3) is 3.56. The average molecular weight is 365 g/mol. The van der Waals surface area contributed by atoms with Gasteiger partial charge in [0, 0.05) is 10.0 Å². The Morgan fingerprint density at radius 1 is 1.32 bits per heavy atom. The second kappa shape index (κ2) is 6.95. The van der Waals surface area contributed by atoms with Crippen molar-refractivity contribution in [3.05, 3.63) is 52.0 Å². The minimum atomic E-state index is -0.559. The molecule has 0 radical (unpaired) electrons. The summed E-state index contributed by atoms with van der Waals surface area (Å²) in [6, 6.07) is 9.34. The molecule has 7 heteroatoms. The number of carbonyl (C=O) groups excluding carboxylic acids is 1. The number of carbonyl (C=O) groups is 1. The van der Waals surface area contributed by atoms with Crippen LogP contribution in [-0.2, 0) is 0 Å². The predicted octanol–water partition coefficient (Wildman–Crippen LogP) is 2.63. The molecule has 0 bridgehead atoms. The molecule has 0 aliphatic rings. The van der Waals surface area contributed by atoms with Gasteiger partial charge in [0.1, 0.15) is 5.75 Å². The van der Waals surface area contributed by atoms with Crippen LogP contribution < -0.4 is 10.2 Å². The molecule has 0 spiro atoms. The molecule has 0 saturated heterocycles. The van der Waals surface area contributed by atoms with E-state index in [1.165, 1.54) is 25.5 Å². The summed E-state index contributed by atoms with van der Waals surface area (Å²) in [7, 11) is 1.43. The van der Waals surface area contributed by atoms with Gasteiger partial charge in [-0.25, -0.2) is 5.43 Å². The van der Waals surface area contributed by atoms with Gasteiger partial charge in [-0.3, -0.25) is 4.79 Å². The largest absolute Gasteiger partial charge is 0.507 e. The van der Waals surface area contributed by atoms with Crippen molar-refractivity contribution < 1.29 is 19.7 Å². The average Bonchev–Trinajstić information content (AvgIpc) is 2.50. The van der Waals surface area contributed by atoms with Gasteiger partial charge in [0.05, 0.1) is 18.9 Å². The molecule has 0 aliphatic carbocycles. The Kier molecular flexibility index (Phi) is 5.00. The van der Waals surface area contributed by atoms with Crippen LogP contribution in [0.15, 0.2) is 46.0 Å². The minimum Gasteiger partial charge on any atom is -0.507 e. The number of benzene rings is 2. The Labute approximate surface area is 135 Å². The topological polar surface area (TPSA) is 91.2 Å². The van der Waals surface area contributed by atoms with Gasteiger partial charge < -0.3 is 14.9 Å². The first-order chi connectivity index (χ1) is 10.5. The summed E-state index contributed by atoms with van der Waals surface area (Å²) in [5.41, 5.74) is 2.75. The Morgan fingerprint density at radius 2 is 2.05 bits per heavy atom. The molecule has 2 rings (SSSR count). The van der Waals surface area contributed by atoms with E-state index in [0.717, 1.165) is 0 Å². The summed E-state index contributed by atoms with van der Waals surface area (Å²) in [6.45, 7) is 0. The molecule has 2 aromatic rings. The van der Waals surface area contributed by atoms with Gasteiger partial charge >= 0.3 is 0 Å². The molecule has 1 amide bonds. The molecular weight excluding hydrogens is 352 g/mol. The van der Waals surface area contributed by atoms with E-state index < -0.39 is 5.91 Å².